The highest BCUT2D eigenvalue weighted by atomic mass is 35.5. The summed E-state index contributed by atoms with van der Waals surface area (Å²) < 4.78 is 1.70. The van der Waals surface area contributed by atoms with E-state index in [0.29, 0.717) is 0 Å². The van der Waals surface area contributed by atoms with Gasteiger partial charge in [-0.2, -0.15) is 10.1 Å². The number of hydrogen-bond acceptors (Lipinski definition) is 3. The number of H-pyrrole nitrogens is 1. The van der Waals surface area contributed by atoms with E-state index in [1.807, 2.05) is 37.5 Å². The maximum Gasteiger partial charge on any atom is 0.225 e. The van der Waals surface area contributed by atoms with Gasteiger partial charge in [-0.05, 0) is 23.7 Å². The van der Waals surface area contributed by atoms with E-state index in [9.17, 15) is 0 Å². The first kappa shape index (κ1) is 11.4. The lowest BCUT2D eigenvalue weighted by molar-refractivity contribution is 0.785. The van der Waals surface area contributed by atoms with E-state index in [1.54, 1.807) is 10.9 Å². The van der Waals surface area contributed by atoms with Gasteiger partial charge in [0, 0.05) is 29.7 Å². The number of rotatable bonds is 1. The Morgan fingerprint density at radius 1 is 1.15 bits per heavy atom. The second-order valence-electron chi connectivity index (χ2n) is 4.59. The van der Waals surface area contributed by atoms with Crippen molar-refractivity contribution in [3.63, 3.8) is 0 Å². The van der Waals surface area contributed by atoms with Crippen molar-refractivity contribution in [2.45, 2.75) is 0 Å². The van der Waals surface area contributed by atoms with Crippen LogP contribution in [0, 0.1) is 0 Å². The van der Waals surface area contributed by atoms with Crippen molar-refractivity contribution in [2.24, 2.45) is 7.05 Å². The van der Waals surface area contributed by atoms with Crippen molar-refractivity contribution >= 4 is 33.5 Å². The number of nitrogens with one attached hydrogen (secondary N) is 1. The Morgan fingerprint density at radius 3 is 2.95 bits per heavy atom. The fourth-order valence-electron chi connectivity index (χ4n) is 2.49. The Kier molecular flexibility index (Phi) is 2.31. The van der Waals surface area contributed by atoms with Crippen molar-refractivity contribution < 1.29 is 0 Å². The Hall–Kier alpha value is -2.40. The van der Waals surface area contributed by atoms with E-state index in [0.717, 1.165) is 33.2 Å². The minimum atomic E-state index is 0.226. The van der Waals surface area contributed by atoms with Gasteiger partial charge in [-0.1, -0.05) is 12.1 Å². The molecule has 1 aromatic carbocycles. The van der Waals surface area contributed by atoms with E-state index in [-0.39, 0.29) is 5.28 Å². The second-order valence-corrected chi connectivity index (χ2v) is 4.93. The van der Waals surface area contributed by atoms with Gasteiger partial charge in [0.15, 0.2) is 5.65 Å². The number of fused-ring (bicyclic) bond motifs is 2. The van der Waals surface area contributed by atoms with Gasteiger partial charge in [0.25, 0.3) is 0 Å². The van der Waals surface area contributed by atoms with Crippen LogP contribution < -0.4 is 0 Å². The van der Waals surface area contributed by atoms with Crippen LogP contribution in [0.3, 0.4) is 0 Å². The van der Waals surface area contributed by atoms with Gasteiger partial charge in [-0.15, -0.1) is 0 Å². The van der Waals surface area contributed by atoms with E-state index < -0.39 is 0 Å². The number of benzene rings is 1. The second kappa shape index (κ2) is 4.05. The summed E-state index contributed by atoms with van der Waals surface area (Å²) >= 11 is 6.06. The molecule has 0 aliphatic heterocycles. The highest BCUT2D eigenvalue weighted by Crippen LogP contribution is 2.32. The summed E-state index contributed by atoms with van der Waals surface area (Å²) in [7, 11) is 1.84. The largest absolute Gasteiger partial charge is 0.361 e. The summed E-state index contributed by atoms with van der Waals surface area (Å²) in [6, 6.07) is 8.08. The highest BCUT2D eigenvalue weighted by Gasteiger charge is 2.14. The normalized spacial score (nSPS) is 11.5. The fourth-order valence-corrected chi connectivity index (χ4v) is 2.66. The highest BCUT2D eigenvalue weighted by molar-refractivity contribution is 6.29. The van der Waals surface area contributed by atoms with E-state index in [2.05, 4.69) is 20.1 Å². The summed E-state index contributed by atoms with van der Waals surface area (Å²) in [4.78, 5) is 11.8. The maximum atomic E-state index is 6.06. The van der Waals surface area contributed by atoms with Crippen LogP contribution in [0.1, 0.15) is 0 Å². The van der Waals surface area contributed by atoms with Gasteiger partial charge in [0.2, 0.25) is 5.28 Å². The topological polar surface area (TPSA) is 59.4 Å². The molecular weight excluding hydrogens is 274 g/mol. The lowest BCUT2D eigenvalue weighted by atomic mass is 10.1. The average molecular weight is 284 g/mol. The summed E-state index contributed by atoms with van der Waals surface area (Å²) in [6.07, 6.45) is 3.68. The zero-order valence-corrected chi connectivity index (χ0v) is 11.4. The lowest BCUT2D eigenvalue weighted by Gasteiger charge is -2.05. The zero-order chi connectivity index (χ0) is 13.7. The lowest BCUT2D eigenvalue weighted by Crippen LogP contribution is -1.95. The van der Waals surface area contributed by atoms with Crippen LogP contribution >= 0.6 is 11.6 Å². The van der Waals surface area contributed by atoms with Crippen LogP contribution in [0.25, 0.3) is 33.2 Å². The molecule has 0 aliphatic rings. The van der Waals surface area contributed by atoms with Crippen LogP contribution in [-0.4, -0.2) is 24.7 Å². The third-order valence-corrected chi connectivity index (χ3v) is 3.58. The van der Waals surface area contributed by atoms with E-state index >= 15 is 0 Å². The molecule has 0 radical (unpaired) electrons. The third kappa shape index (κ3) is 1.53. The summed E-state index contributed by atoms with van der Waals surface area (Å²) in [5.74, 6) is 0. The molecule has 0 aliphatic carbocycles. The number of aromatic amines is 1. The molecule has 3 heterocycles. The SMILES string of the molecule is Cn1ncc2c(-c3cccc4[nH]ccc34)nc(Cl)nc21. The standard InChI is InChI=1S/C14H10ClN5/c1-20-13-10(7-17-20)12(18-14(15)19-13)9-3-2-4-11-8(9)5-6-16-11/h2-7,16H,1H3. The van der Waals surface area contributed by atoms with E-state index in [4.69, 9.17) is 11.6 Å². The van der Waals surface area contributed by atoms with Gasteiger partial charge in [-0.3, -0.25) is 4.68 Å². The molecule has 0 spiro atoms. The first-order valence-electron chi connectivity index (χ1n) is 6.16. The quantitative estimate of drug-likeness (QED) is 0.546. The molecule has 0 bridgehead atoms. The number of halogens is 1. The van der Waals surface area contributed by atoms with Crippen LogP contribution in [0.15, 0.2) is 36.7 Å². The molecule has 0 saturated heterocycles. The average Bonchev–Trinajstić information content (AvgIpc) is 3.05. The van der Waals surface area contributed by atoms with Gasteiger partial charge < -0.3 is 4.98 Å². The molecule has 0 unspecified atom stereocenters. The van der Waals surface area contributed by atoms with Gasteiger partial charge >= 0.3 is 0 Å². The molecule has 4 rings (SSSR count). The number of aryl methyl sites for hydroxylation is 1. The van der Waals surface area contributed by atoms with Gasteiger partial charge in [-0.25, -0.2) is 4.98 Å². The fraction of sp³-hybridized carbons (Fsp3) is 0.0714. The Bertz CT molecular complexity index is 937. The van der Waals surface area contributed by atoms with Crippen LogP contribution in [-0.2, 0) is 7.05 Å². The molecule has 0 atom stereocenters. The smallest absolute Gasteiger partial charge is 0.225 e. The first-order chi connectivity index (χ1) is 9.74. The van der Waals surface area contributed by atoms with Crippen molar-refractivity contribution in [2.75, 3.05) is 0 Å². The van der Waals surface area contributed by atoms with Crippen LogP contribution in [0.4, 0.5) is 0 Å². The Morgan fingerprint density at radius 2 is 2.05 bits per heavy atom. The minimum absolute atomic E-state index is 0.226. The predicted octanol–water partition coefficient (Wildman–Crippen LogP) is 3.17. The number of nitrogens with zero attached hydrogens (tertiary/aromatic N) is 4. The molecule has 98 valence electrons. The van der Waals surface area contributed by atoms with Gasteiger partial charge in [0.05, 0.1) is 17.3 Å². The molecule has 0 fully saturated rings. The van der Waals surface area contributed by atoms with Crippen LogP contribution in [0.5, 0.6) is 0 Å². The molecule has 6 heteroatoms. The summed E-state index contributed by atoms with van der Waals surface area (Å²) in [5.41, 5.74) is 3.62. The minimum Gasteiger partial charge on any atom is -0.361 e. The summed E-state index contributed by atoms with van der Waals surface area (Å²) in [6.45, 7) is 0. The van der Waals surface area contributed by atoms with Crippen LogP contribution in [0.2, 0.25) is 5.28 Å². The Balaban J connectivity index is 2.14. The number of aromatic nitrogens is 5. The molecule has 4 aromatic rings. The monoisotopic (exact) mass is 283 g/mol. The van der Waals surface area contributed by atoms with Gasteiger partial charge in [0.1, 0.15) is 0 Å². The molecule has 20 heavy (non-hydrogen) atoms. The van der Waals surface area contributed by atoms with Crippen molar-refractivity contribution in [1.29, 1.82) is 0 Å². The van der Waals surface area contributed by atoms with E-state index in [1.165, 1.54) is 0 Å². The van der Waals surface area contributed by atoms with Crippen molar-refractivity contribution in [3.8, 4) is 11.3 Å². The predicted molar refractivity (Wildman–Crippen MR) is 78.6 cm³/mol. The molecular formula is C14H10ClN5. The summed E-state index contributed by atoms with van der Waals surface area (Å²) in [5, 5.41) is 6.46. The maximum absolute atomic E-state index is 6.06. The molecule has 1 N–H and O–H groups in total. The molecule has 5 nitrogen and oxygen atoms in total. The number of hydrogen-bond donors (Lipinski definition) is 1. The van der Waals surface area contributed by atoms with Crippen molar-refractivity contribution in [3.05, 3.63) is 41.9 Å². The molecule has 0 amide bonds. The zero-order valence-electron chi connectivity index (χ0n) is 10.6. The molecule has 3 aromatic heterocycles. The Labute approximate surface area is 119 Å². The first-order valence-corrected chi connectivity index (χ1v) is 6.53. The molecule has 0 saturated carbocycles. The van der Waals surface area contributed by atoms with Crippen molar-refractivity contribution in [1.82, 2.24) is 24.7 Å². The third-order valence-electron chi connectivity index (χ3n) is 3.41.